The van der Waals surface area contributed by atoms with Crippen LogP contribution in [0, 0.1) is 0 Å². The van der Waals surface area contributed by atoms with Crippen molar-refractivity contribution in [2.75, 3.05) is 38.2 Å². The van der Waals surface area contributed by atoms with Crippen LogP contribution in [0.2, 0.25) is 0 Å². The van der Waals surface area contributed by atoms with Crippen LogP contribution in [-0.2, 0) is 9.53 Å². The van der Waals surface area contributed by atoms with Gasteiger partial charge in [0.05, 0.1) is 6.61 Å². The molecule has 1 aliphatic rings. The number of benzene rings is 1. The summed E-state index contributed by atoms with van der Waals surface area (Å²) in [6.07, 6.45) is 4.13. The number of carbonyl (C=O) groups excluding carboxylic acids is 1. The highest BCUT2D eigenvalue weighted by Gasteiger charge is 2.18. The van der Waals surface area contributed by atoms with Gasteiger partial charge < -0.3 is 14.8 Å². The highest BCUT2D eigenvalue weighted by Crippen LogP contribution is 2.31. The second kappa shape index (κ2) is 9.50. The Balaban J connectivity index is 1.33. The molecule has 0 aliphatic carbocycles. The first-order valence-electron chi connectivity index (χ1n) is 8.53. The first-order chi connectivity index (χ1) is 12.3. The van der Waals surface area contributed by atoms with Gasteiger partial charge in [0, 0.05) is 11.1 Å². The predicted molar refractivity (Wildman–Crippen MR) is 98.3 cm³/mol. The van der Waals surface area contributed by atoms with Crippen LogP contribution in [-0.4, -0.2) is 43.8 Å². The molecular formula is C18H23N3O3S. The summed E-state index contributed by atoms with van der Waals surface area (Å²) in [5, 5.41) is 6.79. The Hall–Kier alpha value is -1.96. The quantitative estimate of drug-likeness (QED) is 0.707. The summed E-state index contributed by atoms with van der Waals surface area (Å²) >= 11 is 1.56. The molecule has 25 heavy (non-hydrogen) atoms. The van der Waals surface area contributed by atoms with Gasteiger partial charge >= 0.3 is 0 Å². The molecular weight excluding hydrogens is 338 g/mol. The maximum Gasteiger partial charge on any atom is 0.252 e. The zero-order valence-corrected chi connectivity index (χ0v) is 14.9. The minimum atomic E-state index is -0.189. The van der Waals surface area contributed by atoms with Crippen LogP contribution in [0.25, 0.3) is 0 Å². The minimum absolute atomic E-state index is 0.000408. The fraction of sp³-hybridized carbons (Fsp3) is 0.444. The average Bonchev–Trinajstić information content (AvgIpc) is 3.11. The third-order valence-corrected chi connectivity index (χ3v) is 5.06. The fourth-order valence-electron chi connectivity index (χ4n) is 2.69. The number of rotatable bonds is 8. The van der Waals surface area contributed by atoms with Crippen LogP contribution in [0.1, 0.15) is 23.6 Å². The van der Waals surface area contributed by atoms with Crippen LogP contribution in [0.15, 0.2) is 36.5 Å². The smallest absolute Gasteiger partial charge is 0.252 e. The number of thiazole rings is 1. The van der Waals surface area contributed by atoms with Crippen LogP contribution in [0.4, 0.5) is 5.13 Å². The lowest BCUT2D eigenvalue weighted by atomic mass is 9.97. The molecule has 1 saturated heterocycles. The van der Waals surface area contributed by atoms with E-state index in [0.717, 1.165) is 31.7 Å². The molecule has 0 atom stereocenters. The fourth-order valence-corrected chi connectivity index (χ4v) is 3.70. The number of amides is 1. The van der Waals surface area contributed by atoms with Crippen LogP contribution in [0.3, 0.4) is 0 Å². The lowest BCUT2D eigenvalue weighted by molar-refractivity contribution is -0.120. The predicted octanol–water partition coefficient (Wildman–Crippen LogP) is 2.64. The summed E-state index contributed by atoms with van der Waals surface area (Å²) in [7, 11) is 0. The molecule has 0 saturated carbocycles. The average molecular weight is 361 g/mol. The molecule has 0 unspecified atom stereocenters. The van der Waals surface area contributed by atoms with Crippen molar-refractivity contribution in [1.82, 2.24) is 10.3 Å². The van der Waals surface area contributed by atoms with Crippen molar-refractivity contribution < 1.29 is 14.3 Å². The van der Waals surface area contributed by atoms with E-state index < -0.39 is 0 Å². The summed E-state index contributed by atoms with van der Waals surface area (Å²) < 4.78 is 10.8. The number of piperidine rings is 1. The van der Waals surface area contributed by atoms with Crippen molar-refractivity contribution in [2.24, 2.45) is 0 Å². The van der Waals surface area contributed by atoms with Crippen LogP contribution < -0.4 is 15.4 Å². The molecule has 134 valence electrons. The molecule has 0 spiro atoms. The van der Waals surface area contributed by atoms with Gasteiger partial charge in [-0.2, -0.15) is 0 Å². The van der Waals surface area contributed by atoms with Gasteiger partial charge in [0.25, 0.3) is 5.91 Å². The Kier molecular flexibility index (Phi) is 6.79. The second-order valence-corrected chi connectivity index (χ2v) is 6.92. The van der Waals surface area contributed by atoms with Gasteiger partial charge in [-0.1, -0.05) is 18.2 Å². The van der Waals surface area contributed by atoms with Crippen LogP contribution >= 0.6 is 11.3 Å². The Morgan fingerprint density at radius 3 is 2.84 bits per heavy atom. The van der Waals surface area contributed by atoms with E-state index >= 15 is 0 Å². The topological polar surface area (TPSA) is 72.5 Å². The zero-order valence-electron chi connectivity index (χ0n) is 14.1. The Bertz CT molecular complexity index is 657. The number of ether oxygens (including phenoxy) is 2. The SMILES string of the molecule is O=C(COCCOc1ccccc1)Nc1ncc(C2CCNCC2)s1. The molecule has 7 heteroatoms. The summed E-state index contributed by atoms with van der Waals surface area (Å²) in [6.45, 7) is 2.86. The number of aromatic nitrogens is 1. The number of hydrogen-bond donors (Lipinski definition) is 2. The monoisotopic (exact) mass is 361 g/mol. The van der Waals surface area contributed by atoms with Crippen molar-refractivity contribution in [2.45, 2.75) is 18.8 Å². The van der Waals surface area contributed by atoms with Gasteiger partial charge in [0.2, 0.25) is 0 Å². The highest BCUT2D eigenvalue weighted by molar-refractivity contribution is 7.15. The van der Waals surface area contributed by atoms with E-state index in [9.17, 15) is 4.79 Å². The molecule has 1 aliphatic heterocycles. The van der Waals surface area contributed by atoms with Gasteiger partial charge in [0.1, 0.15) is 19.0 Å². The zero-order chi connectivity index (χ0) is 17.3. The first-order valence-corrected chi connectivity index (χ1v) is 9.35. The molecule has 1 aromatic heterocycles. The second-order valence-electron chi connectivity index (χ2n) is 5.85. The van der Waals surface area contributed by atoms with Crippen molar-refractivity contribution in [3.63, 3.8) is 0 Å². The van der Waals surface area contributed by atoms with Crippen molar-refractivity contribution in [3.05, 3.63) is 41.4 Å². The van der Waals surface area contributed by atoms with Gasteiger partial charge in [-0.3, -0.25) is 10.1 Å². The molecule has 2 aromatic rings. The number of hydrogen-bond acceptors (Lipinski definition) is 6. The van der Waals surface area contributed by atoms with Crippen molar-refractivity contribution in [3.8, 4) is 5.75 Å². The maximum absolute atomic E-state index is 11.9. The summed E-state index contributed by atoms with van der Waals surface area (Å²) in [5.74, 6) is 1.16. The van der Waals surface area contributed by atoms with Crippen molar-refractivity contribution >= 4 is 22.4 Å². The molecule has 1 amide bonds. The van der Waals surface area contributed by atoms with E-state index in [1.54, 1.807) is 11.3 Å². The van der Waals surface area contributed by atoms with E-state index in [0.29, 0.717) is 24.3 Å². The normalized spacial score (nSPS) is 15.0. The van der Waals surface area contributed by atoms with Gasteiger partial charge in [-0.05, 0) is 44.0 Å². The van der Waals surface area contributed by atoms with Crippen molar-refractivity contribution in [1.29, 1.82) is 0 Å². The summed E-state index contributed by atoms with van der Waals surface area (Å²) in [5.41, 5.74) is 0. The number of carbonyl (C=O) groups is 1. The Morgan fingerprint density at radius 2 is 2.04 bits per heavy atom. The lowest BCUT2D eigenvalue weighted by Crippen LogP contribution is -2.26. The third-order valence-electron chi connectivity index (χ3n) is 3.98. The number of nitrogens with zero attached hydrogens (tertiary/aromatic N) is 1. The first kappa shape index (κ1) is 17.8. The Morgan fingerprint density at radius 1 is 1.24 bits per heavy atom. The van der Waals surface area contributed by atoms with E-state index in [2.05, 4.69) is 15.6 Å². The summed E-state index contributed by atoms with van der Waals surface area (Å²) in [6, 6.07) is 9.53. The molecule has 1 aromatic carbocycles. The molecule has 2 N–H and O–H groups in total. The number of nitrogens with one attached hydrogen (secondary N) is 2. The minimum Gasteiger partial charge on any atom is -0.491 e. The number of para-hydroxylation sites is 1. The van der Waals surface area contributed by atoms with Crippen LogP contribution in [0.5, 0.6) is 5.75 Å². The van der Waals surface area contributed by atoms with Gasteiger partial charge in [-0.15, -0.1) is 11.3 Å². The van der Waals surface area contributed by atoms with E-state index in [1.807, 2.05) is 36.5 Å². The number of anilines is 1. The molecule has 0 bridgehead atoms. The highest BCUT2D eigenvalue weighted by atomic mass is 32.1. The molecule has 1 fully saturated rings. The van der Waals surface area contributed by atoms with E-state index in [-0.39, 0.29) is 12.5 Å². The maximum atomic E-state index is 11.9. The molecule has 6 nitrogen and oxygen atoms in total. The molecule has 3 rings (SSSR count). The molecule has 2 heterocycles. The standard InChI is InChI=1S/C18H23N3O3S/c22-17(13-23-10-11-24-15-4-2-1-3-5-15)21-18-20-12-16(25-18)14-6-8-19-9-7-14/h1-5,12,14,19H,6-11,13H2,(H,20,21,22). The largest absolute Gasteiger partial charge is 0.491 e. The Labute approximate surface area is 151 Å². The summed E-state index contributed by atoms with van der Waals surface area (Å²) in [4.78, 5) is 17.5. The van der Waals surface area contributed by atoms with Gasteiger partial charge in [0.15, 0.2) is 5.13 Å². The van der Waals surface area contributed by atoms with E-state index in [1.165, 1.54) is 4.88 Å². The molecule has 0 radical (unpaired) electrons. The van der Waals surface area contributed by atoms with E-state index in [4.69, 9.17) is 9.47 Å². The lowest BCUT2D eigenvalue weighted by Gasteiger charge is -2.20. The third kappa shape index (κ3) is 5.81. The van der Waals surface area contributed by atoms with Gasteiger partial charge in [-0.25, -0.2) is 4.98 Å².